The molecule has 3 rings (SSSR count). The fraction of sp³-hybridized carbons (Fsp3) is 0.667. The van der Waals surface area contributed by atoms with Crippen LogP contribution in [-0.2, 0) is 5.41 Å². The van der Waals surface area contributed by atoms with Crippen LogP contribution in [0.3, 0.4) is 0 Å². The van der Waals surface area contributed by atoms with Crippen molar-refractivity contribution in [2.24, 2.45) is 4.99 Å². The third kappa shape index (κ3) is 6.09. The third-order valence-electron chi connectivity index (χ3n) is 5.71. The van der Waals surface area contributed by atoms with E-state index in [-0.39, 0.29) is 5.41 Å². The zero-order chi connectivity index (χ0) is 19.1. The molecule has 0 amide bonds. The first kappa shape index (κ1) is 20.4. The molecular weight excluding hydrogens is 358 g/mol. The van der Waals surface area contributed by atoms with Gasteiger partial charge in [-0.2, -0.15) is 0 Å². The molecule has 0 unspecified atom stereocenters. The molecule has 1 aliphatic heterocycles. The molecule has 0 radical (unpaired) electrons. The Balaban J connectivity index is 1.51. The summed E-state index contributed by atoms with van der Waals surface area (Å²) in [5.74, 6) is 0.928. The zero-order valence-electron chi connectivity index (χ0n) is 16.8. The molecular formula is C21H34ClN5. The van der Waals surface area contributed by atoms with E-state index in [1.54, 1.807) is 0 Å². The maximum atomic E-state index is 6.19. The van der Waals surface area contributed by atoms with Crippen molar-refractivity contribution in [2.75, 3.05) is 59.4 Å². The normalized spacial score (nSPS) is 20.9. The maximum absolute atomic E-state index is 6.19. The van der Waals surface area contributed by atoms with E-state index in [1.165, 1.54) is 37.9 Å². The molecule has 1 heterocycles. The number of benzene rings is 1. The molecule has 1 aliphatic carbocycles. The molecule has 1 saturated carbocycles. The topological polar surface area (TPSA) is 42.9 Å². The number of nitrogens with zero attached hydrogens (tertiary/aromatic N) is 3. The highest BCUT2D eigenvalue weighted by Crippen LogP contribution is 2.48. The first-order chi connectivity index (χ1) is 13.1. The molecule has 150 valence electrons. The predicted molar refractivity (Wildman–Crippen MR) is 115 cm³/mol. The fourth-order valence-electron chi connectivity index (χ4n) is 3.74. The lowest BCUT2D eigenvalue weighted by atomic mass is 9.96. The van der Waals surface area contributed by atoms with Crippen molar-refractivity contribution in [3.05, 3.63) is 34.9 Å². The van der Waals surface area contributed by atoms with Crippen LogP contribution in [0.25, 0.3) is 0 Å². The van der Waals surface area contributed by atoms with Gasteiger partial charge in [-0.15, -0.1) is 0 Å². The van der Waals surface area contributed by atoms with Gasteiger partial charge in [0.15, 0.2) is 5.96 Å². The number of likely N-dealkylation sites (N-methyl/N-ethyl adjacent to an activating group) is 1. The largest absolute Gasteiger partial charge is 0.357 e. The molecule has 1 aromatic carbocycles. The number of hydrogen-bond donors (Lipinski definition) is 2. The summed E-state index contributed by atoms with van der Waals surface area (Å²) in [7, 11) is 2.21. The van der Waals surface area contributed by atoms with E-state index < -0.39 is 0 Å². The molecule has 0 bridgehead atoms. The number of aliphatic imine (C=N–C) groups is 1. The molecule has 6 heteroatoms. The minimum Gasteiger partial charge on any atom is -0.357 e. The molecule has 2 aliphatic rings. The standard InChI is InChI=1S/C21H34ClN5/c1-3-23-20(24-10-13-27-12-5-11-26(2)14-15-27)25-17-21(8-9-21)18-6-4-7-19(22)16-18/h4,6-7,16H,3,5,8-15,17H2,1-2H3,(H2,23,24,25). The minimum atomic E-state index is 0.183. The highest BCUT2D eigenvalue weighted by atomic mass is 35.5. The number of guanidine groups is 1. The van der Waals surface area contributed by atoms with Crippen molar-refractivity contribution >= 4 is 17.6 Å². The molecule has 5 nitrogen and oxygen atoms in total. The first-order valence-electron chi connectivity index (χ1n) is 10.3. The van der Waals surface area contributed by atoms with Crippen LogP contribution in [0.15, 0.2) is 29.3 Å². The Labute approximate surface area is 169 Å². The number of halogens is 1. The van der Waals surface area contributed by atoms with Crippen LogP contribution in [0.5, 0.6) is 0 Å². The van der Waals surface area contributed by atoms with Crippen LogP contribution < -0.4 is 10.6 Å². The van der Waals surface area contributed by atoms with E-state index >= 15 is 0 Å². The van der Waals surface area contributed by atoms with E-state index in [4.69, 9.17) is 16.6 Å². The van der Waals surface area contributed by atoms with Crippen molar-refractivity contribution < 1.29 is 0 Å². The summed E-state index contributed by atoms with van der Waals surface area (Å²) in [6.07, 6.45) is 3.64. The highest BCUT2D eigenvalue weighted by Gasteiger charge is 2.44. The van der Waals surface area contributed by atoms with Gasteiger partial charge < -0.3 is 20.4 Å². The Morgan fingerprint density at radius 1 is 1.19 bits per heavy atom. The highest BCUT2D eigenvalue weighted by molar-refractivity contribution is 6.30. The van der Waals surface area contributed by atoms with E-state index in [1.807, 2.05) is 12.1 Å². The van der Waals surface area contributed by atoms with Crippen LogP contribution in [-0.4, -0.2) is 75.2 Å². The molecule has 0 spiro atoms. The van der Waals surface area contributed by atoms with Gasteiger partial charge in [0.2, 0.25) is 0 Å². The SMILES string of the molecule is CCNC(=NCC1(c2cccc(Cl)c2)CC1)NCCN1CCCN(C)CC1. The minimum absolute atomic E-state index is 0.183. The molecule has 2 N–H and O–H groups in total. The van der Waals surface area contributed by atoms with Crippen molar-refractivity contribution in [3.8, 4) is 0 Å². The van der Waals surface area contributed by atoms with E-state index in [0.717, 1.165) is 50.3 Å². The summed E-state index contributed by atoms with van der Waals surface area (Å²) in [5, 5.41) is 7.73. The van der Waals surface area contributed by atoms with Gasteiger partial charge in [-0.1, -0.05) is 23.7 Å². The molecule has 0 atom stereocenters. The van der Waals surface area contributed by atoms with Gasteiger partial charge in [-0.3, -0.25) is 4.99 Å². The van der Waals surface area contributed by atoms with Crippen molar-refractivity contribution in [3.63, 3.8) is 0 Å². The lowest BCUT2D eigenvalue weighted by molar-refractivity contribution is 0.280. The van der Waals surface area contributed by atoms with E-state index in [2.05, 4.69) is 46.5 Å². The van der Waals surface area contributed by atoms with Crippen LogP contribution in [0, 0.1) is 0 Å². The van der Waals surface area contributed by atoms with Crippen LogP contribution in [0.4, 0.5) is 0 Å². The summed E-state index contributed by atoms with van der Waals surface area (Å²) in [4.78, 5) is 9.86. The smallest absolute Gasteiger partial charge is 0.191 e. The second kappa shape index (κ2) is 9.76. The third-order valence-corrected chi connectivity index (χ3v) is 5.94. The maximum Gasteiger partial charge on any atom is 0.191 e. The summed E-state index contributed by atoms with van der Waals surface area (Å²) in [6, 6.07) is 8.27. The second-order valence-electron chi connectivity index (χ2n) is 7.91. The van der Waals surface area contributed by atoms with Gasteiger partial charge >= 0.3 is 0 Å². The Hall–Kier alpha value is -1.30. The average Bonchev–Trinajstić information content (AvgIpc) is 3.46. The molecule has 2 fully saturated rings. The van der Waals surface area contributed by atoms with Crippen LogP contribution in [0.2, 0.25) is 5.02 Å². The first-order valence-corrected chi connectivity index (χ1v) is 10.7. The van der Waals surface area contributed by atoms with E-state index in [9.17, 15) is 0 Å². The molecule has 1 saturated heterocycles. The zero-order valence-corrected chi connectivity index (χ0v) is 17.6. The number of rotatable bonds is 7. The quantitative estimate of drug-likeness (QED) is 0.553. The van der Waals surface area contributed by atoms with Gasteiger partial charge in [0.1, 0.15) is 0 Å². The van der Waals surface area contributed by atoms with Crippen molar-refractivity contribution in [1.82, 2.24) is 20.4 Å². The van der Waals surface area contributed by atoms with Crippen molar-refractivity contribution in [1.29, 1.82) is 0 Å². The Morgan fingerprint density at radius 2 is 2.04 bits per heavy atom. The van der Waals surface area contributed by atoms with Crippen molar-refractivity contribution in [2.45, 2.75) is 31.6 Å². The Kier molecular flexibility index (Phi) is 7.39. The Bertz CT molecular complexity index is 629. The van der Waals surface area contributed by atoms with Gasteiger partial charge in [0, 0.05) is 43.2 Å². The van der Waals surface area contributed by atoms with Crippen LogP contribution in [0.1, 0.15) is 31.7 Å². The summed E-state index contributed by atoms with van der Waals surface area (Å²) >= 11 is 6.19. The number of nitrogens with one attached hydrogen (secondary N) is 2. The van der Waals surface area contributed by atoms with Gasteiger partial charge in [-0.05, 0) is 64.0 Å². The van der Waals surface area contributed by atoms with Gasteiger partial charge in [-0.25, -0.2) is 0 Å². The monoisotopic (exact) mass is 391 g/mol. The Morgan fingerprint density at radius 3 is 2.78 bits per heavy atom. The van der Waals surface area contributed by atoms with E-state index in [0.29, 0.717) is 0 Å². The lowest BCUT2D eigenvalue weighted by Gasteiger charge is -2.21. The number of hydrogen-bond acceptors (Lipinski definition) is 3. The fourth-order valence-corrected chi connectivity index (χ4v) is 3.93. The van der Waals surface area contributed by atoms with Crippen LogP contribution >= 0.6 is 11.6 Å². The molecule has 27 heavy (non-hydrogen) atoms. The predicted octanol–water partition coefficient (Wildman–Crippen LogP) is 2.56. The average molecular weight is 392 g/mol. The molecule has 1 aromatic rings. The summed E-state index contributed by atoms with van der Waals surface area (Å²) in [6.45, 7) is 10.5. The van der Waals surface area contributed by atoms with Gasteiger partial charge in [0.05, 0.1) is 6.54 Å². The van der Waals surface area contributed by atoms with Gasteiger partial charge in [0.25, 0.3) is 0 Å². The second-order valence-corrected chi connectivity index (χ2v) is 8.35. The summed E-state index contributed by atoms with van der Waals surface area (Å²) in [5.41, 5.74) is 1.51. The lowest BCUT2D eigenvalue weighted by Crippen LogP contribution is -2.42. The summed E-state index contributed by atoms with van der Waals surface area (Å²) < 4.78 is 0. The molecule has 0 aromatic heterocycles.